The average Bonchev–Trinajstić information content (AvgIpc) is 1.89. The van der Waals surface area contributed by atoms with Gasteiger partial charge >= 0.3 is 0 Å². The van der Waals surface area contributed by atoms with Crippen LogP contribution in [0.25, 0.3) is 0 Å². The zero-order valence-electron chi connectivity index (χ0n) is 7.53. The molecule has 0 saturated carbocycles. The molecule has 0 aliphatic rings. The molecule has 1 heteroatoms. The Labute approximate surface area is 84.6 Å². The van der Waals surface area contributed by atoms with Crippen LogP contribution in [0.1, 0.15) is 58.8 Å². The Bertz CT molecular complexity index is 38.0. The van der Waals surface area contributed by atoms with Crippen LogP contribution in [0.3, 0.4) is 0 Å². The van der Waals surface area contributed by atoms with Gasteiger partial charge < -0.3 is 0 Å². The molecule has 0 bridgehead atoms. The summed E-state index contributed by atoms with van der Waals surface area (Å²) < 4.78 is 0. The van der Waals surface area contributed by atoms with Gasteiger partial charge in [-0.05, 0) is 0 Å². The fourth-order valence-electron chi connectivity index (χ4n) is 1.03. The smallest absolute Gasteiger partial charge is 0 e. The van der Waals surface area contributed by atoms with E-state index in [0.29, 0.717) is 0 Å². The molecule has 0 spiro atoms. The van der Waals surface area contributed by atoms with Crippen LogP contribution in [-0.4, -0.2) is 25.8 Å². The Kier molecular flexibility index (Phi) is 16.9. The first kappa shape index (κ1) is 13.5. The molecule has 0 amide bonds. The Balaban J connectivity index is 0. The van der Waals surface area contributed by atoms with Crippen LogP contribution in [0, 0.1) is 0 Å². The molecule has 59 valence electrons. The van der Waals surface area contributed by atoms with Crippen LogP contribution in [0.4, 0.5) is 0 Å². The molecule has 0 rings (SSSR count). The summed E-state index contributed by atoms with van der Waals surface area (Å²) in [6, 6.07) is 0. The van der Waals surface area contributed by atoms with Crippen LogP contribution in [0.2, 0.25) is 0 Å². The fourth-order valence-corrected chi connectivity index (χ4v) is 1.03. The standard InChI is InChI=1S/C9H20.In/c1-3-5-7-9-8-6-4-2;/h3-9H2,1-2H3;. The van der Waals surface area contributed by atoms with Gasteiger partial charge in [0.15, 0.2) is 0 Å². The van der Waals surface area contributed by atoms with E-state index in [1.807, 2.05) is 0 Å². The summed E-state index contributed by atoms with van der Waals surface area (Å²) >= 11 is 0. The maximum Gasteiger partial charge on any atom is 0 e. The molecule has 0 N–H and O–H groups in total. The third-order valence-corrected chi connectivity index (χ3v) is 1.71. The van der Waals surface area contributed by atoms with Crippen LogP contribution in [-0.2, 0) is 0 Å². The van der Waals surface area contributed by atoms with E-state index in [1.54, 1.807) is 0 Å². The first-order chi connectivity index (χ1) is 4.41. The largest absolute Gasteiger partial charge is 0.0654 e. The fraction of sp³-hybridized carbons (Fsp3) is 1.00. The van der Waals surface area contributed by atoms with E-state index in [4.69, 9.17) is 0 Å². The number of hydrogen-bond acceptors (Lipinski definition) is 0. The SMILES string of the molecule is CCCCCCCCC.[In]. The van der Waals surface area contributed by atoms with Gasteiger partial charge in [-0.1, -0.05) is 58.8 Å². The molecule has 0 aliphatic heterocycles. The predicted octanol–water partition coefficient (Wildman–Crippen LogP) is 3.38. The van der Waals surface area contributed by atoms with E-state index in [9.17, 15) is 0 Å². The van der Waals surface area contributed by atoms with Crippen LogP contribution in [0.5, 0.6) is 0 Å². The van der Waals surface area contributed by atoms with E-state index in [2.05, 4.69) is 13.8 Å². The second-order valence-electron chi connectivity index (χ2n) is 2.77. The van der Waals surface area contributed by atoms with E-state index in [-0.39, 0.29) is 25.8 Å². The van der Waals surface area contributed by atoms with Crippen molar-refractivity contribution in [3.05, 3.63) is 0 Å². The topological polar surface area (TPSA) is 0 Å². The minimum atomic E-state index is 0. The van der Waals surface area contributed by atoms with Crippen molar-refractivity contribution >= 4 is 25.8 Å². The molecule has 0 aromatic carbocycles. The third kappa shape index (κ3) is 11.6. The Morgan fingerprint density at radius 3 is 1.20 bits per heavy atom. The Hall–Kier alpha value is 0.870. The molecule has 0 unspecified atom stereocenters. The number of rotatable bonds is 6. The van der Waals surface area contributed by atoms with Crippen molar-refractivity contribution < 1.29 is 0 Å². The zero-order valence-corrected chi connectivity index (χ0v) is 10.8. The summed E-state index contributed by atoms with van der Waals surface area (Å²) in [6.45, 7) is 4.53. The molecule has 0 nitrogen and oxygen atoms in total. The second kappa shape index (κ2) is 12.5. The minimum Gasteiger partial charge on any atom is -0.0654 e. The molecular formula is C9H20In. The molecule has 0 aliphatic carbocycles. The molecule has 10 heavy (non-hydrogen) atoms. The van der Waals surface area contributed by atoms with Crippen molar-refractivity contribution in [3.63, 3.8) is 0 Å². The third-order valence-electron chi connectivity index (χ3n) is 1.71. The quantitative estimate of drug-likeness (QED) is 0.627. The summed E-state index contributed by atoms with van der Waals surface area (Å²) in [7, 11) is 0. The molecule has 0 fully saturated rings. The summed E-state index contributed by atoms with van der Waals surface area (Å²) in [4.78, 5) is 0. The summed E-state index contributed by atoms with van der Waals surface area (Å²) in [5.74, 6) is 0. The van der Waals surface area contributed by atoms with Crippen molar-refractivity contribution in [2.75, 3.05) is 0 Å². The normalized spacial score (nSPS) is 9.00. The summed E-state index contributed by atoms with van der Waals surface area (Å²) in [6.07, 6.45) is 9.97. The van der Waals surface area contributed by atoms with Gasteiger partial charge in [0, 0.05) is 25.8 Å². The first-order valence-electron chi connectivity index (χ1n) is 4.41. The van der Waals surface area contributed by atoms with Crippen molar-refractivity contribution in [1.29, 1.82) is 0 Å². The van der Waals surface area contributed by atoms with Gasteiger partial charge in [-0.3, -0.25) is 0 Å². The first-order valence-corrected chi connectivity index (χ1v) is 4.41. The number of hydrogen-bond donors (Lipinski definition) is 0. The molecule has 0 aromatic rings. The van der Waals surface area contributed by atoms with Gasteiger partial charge in [-0.2, -0.15) is 0 Å². The van der Waals surface area contributed by atoms with E-state index >= 15 is 0 Å². The Morgan fingerprint density at radius 2 is 0.900 bits per heavy atom. The van der Waals surface area contributed by atoms with Gasteiger partial charge in [0.2, 0.25) is 0 Å². The van der Waals surface area contributed by atoms with Gasteiger partial charge in [0.25, 0.3) is 0 Å². The monoisotopic (exact) mass is 243 g/mol. The Morgan fingerprint density at radius 1 is 0.600 bits per heavy atom. The maximum absolute atomic E-state index is 2.26. The molecule has 0 aromatic heterocycles. The van der Waals surface area contributed by atoms with Crippen molar-refractivity contribution in [1.82, 2.24) is 0 Å². The van der Waals surface area contributed by atoms with Gasteiger partial charge in [0.05, 0.1) is 0 Å². The van der Waals surface area contributed by atoms with Gasteiger partial charge in [-0.15, -0.1) is 0 Å². The summed E-state index contributed by atoms with van der Waals surface area (Å²) in [5, 5.41) is 0. The molecular weight excluding hydrogens is 223 g/mol. The van der Waals surface area contributed by atoms with Gasteiger partial charge in [0.1, 0.15) is 0 Å². The maximum atomic E-state index is 2.26. The van der Waals surface area contributed by atoms with E-state index in [0.717, 1.165) is 0 Å². The van der Waals surface area contributed by atoms with Crippen LogP contribution >= 0.6 is 0 Å². The molecule has 0 saturated heterocycles. The average molecular weight is 243 g/mol. The van der Waals surface area contributed by atoms with Crippen LogP contribution in [0.15, 0.2) is 0 Å². The van der Waals surface area contributed by atoms with Crippen molar-refractivity contribution in [3.8, 4) is 0 Å². The van der Waals surface area contributed by atoms with Crippen molar-refractivity contribution in [2.24, 2.45) is 0 Å². The number of unbranched alkanes of at least 4 members (excludes halogenated alkanes) is 6. The van der Waals surface area contributed by atoms with Crippen molar-refractivity contribution in [2.45, 2.75) is 58.8 Å². The zero-order chi connectivity index (χ0) is 6.95. The molecule has 0 heterocycles. The van der Waals surface area contributed by atoms with Crippen LogP contribution < -0.4 is 0 Å². The minimum absolute atomic E-state index is 0. The summed E-state index contributed by atoms with van der Waals surface area (Å²) in [5.41, 5.74) is 0. The predicted molar refractivity (Wildman–Crippen MR) is 49.4 cm³/mol. The second-order valence-corrected chi connectivity index (χ2v) is 2.77. The van der Waals surface area contributed by atoms with E-state index < -0.39 is 0 Å². The van der Waals surface area contributed by atoms with Gasteiger partial charge in [-0.25, -0.2) is 0 Å². The molecule has 3 radical (unpaired) electrons. The van der Waals surface area contributed by atoms with E-state index in [1.165, 1.54) is 44.9 Å². The molecule has 0 atom stereocenters.